The van der Waals surface area contributed by atoms with Crippen molar-refractivity contribution in [2.75, 3.05) is 12.4 Å². The van der Waals surface area contributed by atoms with Crippen LogP contribution in [0.1, 0.15) is 17.0 Å². The summed E-state index contributed by atoms with van der Waals surface area (Å²) in [4.78, 5) is 0.309. The van der Waals surface area contributed by atoms with E-state index in [9.17, 15) is 8.42 Å². The van der Waals surface area contributed by atoms with Crippen LogP contribution in [0.3, 0.4) is 0 Å². The fourth-order valence-corrected chi connectivity index (χ4v) is 3.65. The number of benzene rings is 1. The Morgan fingerprint density at radius 2 is 1.86 bits per heavy atom. The van der Waals surface area contributed by atoms with Crippen LogP contribution in [0, 0.1) is 13.8 Å². The van der Waals surface area contributed by atoms with E-state index < -0.39 is 10.0 Å². The third kappa shape index (κ3) is 3.22. The summed E-state index contributed by atoms with van der Waals surface area (Å²) in [5.41, 5.74) is 2.28. The summed E-state index contributed by atoms with van der Waals surface area (Å²) in [5.74, 6) is 0.556. The minimum atomic E-state index is -3.60. The van der Waals surface area contributed by atoms with Gasteiger partial charge in [-0.3, -0.25) is 0 Å². The molecule has 0 amide bonds. The maximum absolute atomic E-state index is 12.5. The average molecular weight is 309 g/mol. The summed E-state index contributed by atoms with van der Waals surface area (Å²) in [6, 6.07) is 3.62. The van der Waals surface area contributed by atoms with Gasteiger partial charge in [0.2, 0.25) is 10.0 Å². The van der Waals surface area contributed by atoms with Gasteiger partial charge < -0.3 is 9.88 Å². The van der Waals surface area contributed by atoms with Crippen molar-refractivity contribution in [3.63, 3.8) is 0 Å². The van der Waals surface area contributed by atoms with Crippen LogP contribution in [0.5, 0.6) is 0 Å². The molecule has 1 aromatic heterocycles. The lowest BCUT2D eigenvalue weighted by Crippen LogP contribution is -2.26. The molecule has 0 aliphatic carbocycles. The standard InChI is InChI=1S/C13H19N5O2S/c1-9-5-11(14-3)6-10(2)13(9)21(19,20)16-7-12-17-15-8-18(12)4/h5-6,8,14,16H,7H2,1-4H3. The zero-order valence-corrected chi connectivity index (χ0v) is 13.3. The number of hydrogen-bond acceptors (Lipinski definition) is 5. The number of sulfonamides is 1. The average Bonchev–Trinajstić information content (AvgIpc) is 2.80. The van der Waals surface area contributed by atoms with E-state index in [2.05, 4.69) is 20.2 Å². The molecule has 0 spiro atoms. The van der Waals surface area contributed by atoms with Gasteiger partial charge in [-0.2, -0.15) is 0 Å². The molecule has 0 unspecified atom stereocenters. The van der Waals surface area contributed by atoms with E-state index in [0.717, 1.165) is 5.69 Å². The third-order valence-corrected chi connectivity index (χ3v) is 4.95. The number of anilines is 1. The molecule has 0 saturated carbocycles. The van der Waals surface area contributed by atoms with Crippen LogP contribution < -0.4 is 10.0 Å². The Morgan fingerprint density at radius 3 is 2.33 bits per heavy atom. The Morgan fingerprint density at radius 1 is 1.24 bits per heavy atom. The lowest BCUT2D eigenvalue weighted by molar-refractivity contribution is 0.576. The highest BCUT2D eigenvalue weighted by atomic mass is 32.2. The van der Waals surface area contributed by atoms with Crippen molar-refractivity contribution in [3.05, 3.63) is 35.4 Å². The smallest absolute Gasteiger partial charge is 0.241 e. The van der Waals surface area contributed by atoms with E-state index in [4.69, 9.17) is 0 Å². The molecule has 0 fully saturated rings. The van der Waals surface area contributed by atoms with Gasteiger partial charge in [0, 0.05) is 19.8 Å². The minimum absolute atomic E-state index is 0.103. The van der Waals surface area contributed by atoms with E-state index in [1.807, 2.05) is 12.1 Å². The molecule has 2 rings (SSSR count). The molecule has 2 N–H and O–H groups in total. The fraction of sp³-hybridized carbons (Fsp3) is 0.385. The van der Waals surface area contributed by atoms with Crippen LogP contribution in [0.2, 0.25) is 0 Å². The van der Waals surface area contributed by atoms with Gasteiger partial charge in [-0.05, 0) is 37.1 Å². The van der Waals surface area contributed by atoms with E-state index >= 15 is 0 Å². The Bertz CT molecular complexity index is 729. The minimum Gasteiger partial charge on any atom is -0.388 e. The molecular weight excluding hydrogens is 290 g/mol. The lowest BCUT2D eigenvalue weighted by atomic mass is 10.1. The summed E-state index contributed by atoms with van der Waals surface area (Å²) in [5, 5.41) is 10.6. The fourth-order valence-electron chi connectivity index (χ4n) is 2.22. The summed E-state index contributed by atoms with van der Waals surface area (Å²) in [7, 11) is -0.0323. The summed E-state index contributed by atoms with van der Waals surface area (Å²) in [6.07, 6.45) is 1.53. The predicted molar refractivity (Wildman–Crippen MR) is 80.5 cm³/mol. The van der Waals surface area contributed by atoms with E-state index in [0.29, 0.717) is 21.8 Å². The molecule has 0 bridgehead atoms. The SMILES string of the molecule is CNc1cc(C)c(S(=O)(=O)NCc2nncn2C)c(C)c1. The highest BCUT2D eigenvalue weighted by Crippen LogP contribution is 2.24. The van der Waals surface area contributed by atoms with Gasteiger partial charge in [0.15, 0.2) is 0 Å². The lowest BCUT2D eigenvalue weighted by Gasteiger charge is -2.13. The molecule has 0 saturated heterocycles. The quantitative estimate of drug-likeness (QED) is 0.858. The molecule has 2 aromatic rings. The van der Waals surface area contributed by atoms with Gasteiger partial charge in [-0.15, -0.1) is 10.2 Å². The van der Waals surface area contributed by atoms with Crippen LogP contribution in [-0.4, -0.2) is 30.2 Å². The molecule has 0 atom stereocenters. The van der Waals surface area contributed by atoms with Crippen molar-refractivity contribution in [1.82, 2.24) is 19.5 Å². The van der Waals surface area contributed by atoms with Gasteiger partial charge >= 0.3 is 0 Å². The van der Waals surface area contributed by atoms with Crippen molar-refractivity contribution in [2.24, 2.45) is 7.05 Å². The molecule has 8 heteroatoms. The summed E-state index contributed by atoms with van der Waals surface area (Å²) >= 11 is 0. The Labute approximate surface area is 124 Å². The topological polar surface area (TPSA) is 88.9 Å². The number of rotatable bonds is 5. The van der Waals surface area contributed by atoms with Gasteiger partial charge in [0.1, 0.15) is 12.2 Å². The zero-order chi connectivity index (χ0) is 15.6. The van der Waals surface area contributed by atoms with Crippen molar-refractivity contribution in [1.29, 1.82) is 0 Å². The number of aromatic nitrogens is 3. The van der Waals surface area contributed by atoms with Crippen molar-refractivity contribution in [3.8, 4) is 0 Å². The van der Waals surface area contributed by atoms with E-state index in [-0.39, 0.29) is 6.54 Å². The summed E-state index contributed by atoms with van der Waals surface area (Å²) in [6.45, 7) is 3.67. The second-order valence-corrected chi connectivity index (χ2v) is 6.58. The third-order valence-electron chi connectivity index (χ3n) is 3.24. The van der Waals surface area contributed by atoms with Crippen molar-refractivity contribution in [2.45, 2.75) is 25.3 Å². The highest BCUT2D eigenvalue weighted by molar-refractivity contribution is 7.89. The molecule has 1 aromatic carbocycles. The molecule has 7 nitrogen and oxygen atoms in total. The number of nitrogens with zero attached hydrogens (tertiary/aromatic N) is 3. The molecule has 21 heavy (non-hydrogen) atoms. The van der Waals surface area contributed by atoms with Crippen LogP contribution in [0.25, 0.3) is 0 Å². The van der Waals surface area contributed by atoms with Gasteiger partial charge in [-0.1, -0.05) is 0 Å². The second-order valence-electron chi connectivity index (χ2n) is 4.87. The molecular formula is C13H19N5O2S. The van der Waals surface area contributed by atoms with Gasteiger partial charge in [-0.25, -0.2) is 13.1 Å². The van der Waals surface area contributed by atoms with Crippen LogP contribution >= 0.6 is 0 Å². The van der Waals surface area contributed by atoms with E-state index in [1.165, 1.54) is 6.33 Å². The Balaban J connectivity index is 2.30. The van der Waals surface area contributed by atoms with Crippen LogP contribution in [0.15, 0.2) is 23.4 Å². The first kappa shape index (κ1) is 15.5. The normalized spacial score (nSPS) is 11.6. The first-order chi connectivity index (χ1) is 9.85. The Hall–Kier alpha value is -1.93. The van der Waals surface area contributed by atoms with Crippen molar-refractivity contribution < 1.29 is 8.42 Å². The van der Waals surface area contributed by atoms with Crippen LogP contribution in [0.4, 0.5) is 5.69 Å². The Kier molecular flexibility index (Phi) is 4.29. The molecule has 0 radical (unpaired) electrons. The molecule has 1 heterocycles. The first-order valence-electron chi connectivity index (χ1n) is 6.46. The maximum Gasteiger partial charge on any atom is 0.241 e. The second kappa shape index (κ2) is 5.82. The number of hydrogen-bond donors (Lipinski definition) is 2. The largest absolute Gasteiger partial charge is 0.388 e. The monoisotopic (exact) mass is 309 g/mol. The molecule has 0 aliphatic heterocycles. The van der Waals surface area contributed by atoms with E-state index in [1.54, 1.807) is 32.5 Å². The molecule has 114 valence electrons. The van der Waals surface area contributed by atoms with Gasteiger partial charge in [0.25, 0.3) is 0 Å². The molecule has 0 aliphatic rings. The summed E-state index contributed by atoms with van der Waals surface area (Å²) < 4.78 is 29.2. The zero-order valence-electron chi connectivity index (χ0n) is 12.5. The maximum atomic E-state index is 12.5. The van der Waals surface area contributed by atoms with Crippen molar-refractivity contribution >= 4 is 15.7 Å². The highest BCUT2D eigenvalue weighted by Gasteiger charge is 2.20. The number of aryl methyl sites for hydroxylation is 3. The first-order valence-corrected chi connectivity index (χ1v) is 7.95. The van der Waals surface area contributed by atoms with Gasteiger partial charge in [0.05, 0.1) is 11.4 Å². The predicted octanol–water partition coefficient (Wildman–Crippen LogP) is 0.952. The number of nitrogens with one attached hydrogen (secondary N) is 2. The van der Waals surface area contributed by atoms with Crippen LogP contribution in [-0.2, 0) is 23.6 Å².